The van der Waals surface area contributed by atoms with Crippen LogP contribution in [0.15, 0.2) is 18.5 Å². The van der Waals surface area contributed by atoms with Gasteiger partial charge in [0.15, 0.2) is 11.6 Å². The van der Waals surface area contributed by atoms with Gasteiger partial charge in [-0.1, -0.05) is 0 Å². The number of aromatic amines is 1. The van der Waals surface area contributed by atoms with Crippen LogP contribution in [0.1, 0.15) is 33.6 Å². The summed E-state index contributed by atoms with van der Waals surface area (Å²) in [5, 5.41) is 8.96. The largest absolute Gasteiger partial charge is 0.471 e. The van der Waals surface area contributed by atoms with Crippen LogP contribution in [-0.4, -0.2) is 62.6 Å². The molecule has 0 saturated carbocycles. The summed E-state index contributed by atoms with van der Waals surface area (Å²) in [4.78, 5) is 22.2. The number of likely N-dealkylation sites (tertiary alicyclic amines) is 1. The Morgan fingerprint density at radius 2 is 2.13 bits per heavy atom. The number of H-pyrrole nitrogens is 1. The lowest BCUT2D eigenvalue weighted by Gasteiger charge is -2.33. The number of anilines is 2. The first kappa shape index (κ1) is 21.5. The van der Waals surface area contributed by atoms with Gasteiger partial charge in [-0.15, -0.1) is 0 Å². The van der Waals surface area contributed by atoms with Gasteiger partial charge in [-0.2, -0.15) is 18.9 Å². The summed E-state index contributed by atoms with van der Waals surface area (Å²) in [5.41, 5.74) is -0.567. The Kier molecular flexibility index (Phi) is 6.53. The summed E-state index contributed by atoms with van der Waals surface area (Å²) >= 11 is 0. The average Bonchev–Trinajstić information content (AvgIpc) is 3.07. The van der Waals surface area contributed by atoms with Gasteiger partial charge in [-0.05, 0) is 33.6 Å². The average molecular weight is 426 g/mol. The van der Waals surface area contributed by atoms with Crippen LogP contribution < -0.4 is 14.8 Å². The van der Waals surface area contributed by atoms with E-state index >= 15 is 0 Å². The number of nitrogens with zero attached hydrogens (tertiary/aromatic N) is 4. The Morgan fingerprint density at radius 3 is 2.87 bits per heavy atom. The summed E-state index contributed by atoms with van der Waals surface area (Å²) in [6, 6.07) is 1.27. The quantitative estimate of drug-likeness (QED) is 0.723. The third-order valence-corrected chi connectivity index (χ3v) is 3.96. The maximum Gasteiger partial charge on any atom is 0.410 e. The number of hydrogen-bond acceptors (Lipinski definition) is 8. The summed E-state index contributed by atoms with van der Waals surface area (Å²) in [7, 11) is 0. The lowest BCUT2D eigenvalue weighted by Crippen LogP contribution is -2.46. The van der Waals surface area contributed by atoms with Crippen LogP contribution in [0.4, 0.5) is 25.2 Å². The fraction of sp³-hybridized carbons (Fsp3) is 0.556. The minimum atomic E-state index is -2.95. The molecule has 12 heteroatoms. The predicted molar refractivity (Wildman–Crippen MR) is 102 cm³/mol. The second-order valence-corrected chi connectivity index (χ2v) is 7.67. The molecule has 1 atom stereocenters. The van der Waals surface area contributed by atoms with E-state index in [0.29, 0.717) is 18.9 Å². The highest BCUT2D eigenvalue weighted by Crippen LogP contribution is 2.22. The molecule has 1 aliphatic rings. The van der Waals surface area contributed by atoms with Crippen molar-refractivity contribution in [2.75, 3.05) is 18.4 Å². The maximum absolute atomic E-state index is 12.3. The molecule has 164 valence electrons. The highest BCUT2D eigenvalue weighted by Gasteiger charge is 2.28. The number of aromatic nitrogens is 4. The molecule has 0 spiro atoms. The third-order valence-electron chi connectivity index (χ3n) is 3.96. The lowest BCUT2D eigenvalue weighted by molar-refractivity contribution is -0.0528. The van der Waals surface area contributed by atoms with Crippen molar-refractivity contribution in [1.82, 2.24) is 25.1 Å². The topological polar surface area (TPSA) is 114 Å². The van der Waals surface area contributed by atoms with E-state index in [1.807, 2.05) is 20.8 Å². The lowest BCUT2D eigenvalue weighted by atomic mass is 10.1. The Bertz CT molecular complexity index is 857. The number of rotatable bonds is 6. The van der Waals surface area contributed by atoms with Gasteiger partial charge in [-0.25, -0.2) is 9.89 Å². The van der Waals surface area contributed by atoms with E-state index in [-0.39, 0.29) is 29.8 Å². The summed E-state index contributed by atoms with van der Waals surface area (Å²) in [6.07, 6.45) is 3.78. The number of piperidine rings is 1. The first-order valence-electron chi connectivity index (χ1n) is 9.42. The van der Waals surface area contributed by atoms with Crippen LogP contribution in [0.25, 0.3) is 0 Å². The number of halogens is 2. The Hall–Kier alpha value is -3.18. The van der Waals surface area contributed by atoms with Crippen LogP contribution in [-0.2, 0) is 4.74 Å². The fourth-order valence-electron chi connectivity index (χ4n) is 2.82. The Balaban J connectivity index is 1.58. The van der Waals surface area contributed by atoms with Crippen molar-refractivity contribution >= 4 is 17.7 Å². The molecule has 0 aliphatic carbocycles. The zero-order chi connectivity index (χ0) is 21.7. The molecule has 0 bridgehead atoms. The molecular formula is C18H24F2N6O4. The standard InChI is InChI=1S/C18H24F2N6O4/c1-18(2,3)30-17(27)26-6-4-5-11(10-26)28-15-9-21-8-13(23-15)22-12-7-14(25-24-12)29-16(19)20/h7-9,11,16H,4-6,10H2,1-3H3,(H2,22,23,24,25)/t11-/m1/s1. The Labute approximate surface area is 171 Å². The van der Waals surface area contributed by atoms with Gasteiger partial charge in [0, 0.05) is 12.6 Å². The minimum Gasteiger partial charge on any atom is -0.471 e. The highest BCUT2D eigenvalue weighted by molar-refractivity contribution is 5.68. The van der Waals surface area contributed by atoms with Gasteiger partial charge in [0.2, 0.25) is 11.8 Å². The van der Waals surface area contributed by atoms with Crippen molar-refractivity contribution in [3.05, 3.63) is 18.5 Å². The van der Waals surface area contributed by atoms with E-state index in [2.05, 4.69) is 30.2 Å². The summed E-state index contributed by atoms with van der Waals surface area (Å²) in [6.45, 7) is 3.48. The molecular weight excluding hydrogens is 402 g/mol. The molecule has 0 unspecified atom stereocenters. The molecule has 1 saturated heterocycles. The molecule has 2 N–H and O–H groups in total. The summed E-state index contributed by atoms with van der Waals surface area (Å²) in [5.74, 6) is 0.612. The molecule has 3 rings (SSSR count). The van der Waals surface area contributed by atoms with Crippen molar-refractivity contribution in [2.45, 2.75) is 51.9 Å². The van der Waals surface area contributed by atoms with Gasteiger partial charge in [-0.3, -0.25) is 4.98 Å². The van der Waals surface area contributed by atoms with Crippen LogP contribution in [0, 0.1) is 0 Å². The Morgan fingerprint density at radius 1 is 1.33 bits per heavy atom. The van der Waals surface area contributed by atoms with Crippen LogP contribution >= 0.6 is 0 Å². The van der Waals surface area contributed by atoms with Crippen molar-refractivity contribution in [3.63, 3.8) is 0 Å². The molecule has 2 aromatic rings. The number of carbonyl (C=O) groups excluding carboxylic acids is 1. The van der Waals surface area contributed by atoms with E-state index in [4.69, 9.17) is 9.47 Å². The predicted octanol–water partition coefficient (Wildman–Crippen LogP) is 3.32. The number of alkyl halides is 2. The molecule has 3 heterocycles. The number of carbonyl (C=O) groups is 1. The molecule has 1 amide bonds. The number of nitrogens with one attached hydrogen (secondary N) is 2. The van der Waals surface area contributed by atoms with E-state index in [9.17, 15) is 13.6 Å². The van der Waals surface area contributed by atoms with Gasteiger partial charge in [0.05, 0.1) is 18.9 Å². The smallest absolute Gasteiger partial charge is 0.410 e. The molecule has 1 fully saturated rings. The van der Waals surface area contributed by atoms with Crippen LogP contribution in [0.2, 0.25) is 0 Å². The van der Waals surface area contributed by atoms with E-state index < -0.39 is 12.2 Å². The SMILES string of the molecule is CC(C)(C)OC(=O)N1CCC[C@@H](Oc2cncc(Nc3cc(OC(F)F)[nH]n3)n2)C1. The summed E-state index contributed by atoms with van der Waals surface area (Å²) < 4.78 is 40.0. The van der Waals surface area contributed by atoms with E-state index in [0.717, 1.165) is 12.8 Å². The molecule has 0 aromatic carbocycles. The zero-order valence-corrected chi connectivity index (χ0v) is 16.9. The molecule has 1 aliphatic heterocycles. The van der Waals surface area contributed by atoms with E-state index in [1.165, 1.54) is 18.5 Å². The molecule has 10 nitrogen and oxygen atoms in total. The van der Waals surface area contributed by atoms with Gasteiger partial charge < -0.3 is 24.4 Å². The first-order chi connectivity index (χ1) is 14.2. The second kappa shape index (κ2) is 9.09. The minimum absolute atomic E-state index is 0.183. The first-order valence-corrected chi connectivity index (χ1v) is 9.42. The third kappa shape index (κ3) is 6.42. The van der Waals surface area contributed by atoms with Crippen molar-refractivity contribution in [2.24, 2.45) is 0 Å². The zero-order valence-electron chi connectivity index (χ0n) is 16.9. The van der Waals surface area contributed by atoms with Crippen molar-refractivity contribution < 1.29 is 27.8 Å². The van der Waals surface area contributed by atoms with Gasteiger partial charge in [0.1, 0.15) is 11.7 Å². The normalized spacial score (nSPS) is 17.0. The maximum atomic E-state index is 12.3. The van der Waals surface area contributed by atoms with Crippen LogP contribution in [0.3, 0.4) is 0 Å². The van der Waals surface area contributed by atoms with E-state index in [1.54, 1.807) is 4.90 Å². The van der Waals surface area contributed by atoms with Crippen molar-refractivity contribution in [1.29, 1.82) is 0 Å². The number of ether oxygens (including phenoxy) is 3. The van der Waals surface area contributed by atoms with Gasteiger partial charge in [0.25, 0.3) is 0 Å². The highest BCUT2D eigenvalue weighted by atomic mass is 19.3. The molecule has 2 aromatic heterocycles. The fourth-order valence-corrected chi connectivity index (χ4v) is 2.82. The molecule has 0 radical (unpaired) electrons. The molecule has 30 heavy (non-hydrogen) atoms. The van der Waals surface area contributed by atoms with Gasteiger partial charge >= 0.3 is 12.7 Å². The van der Waals surface area contributed by atoms with Crippen molar-refractivity contribution in [3.8, 4) is 11.8 Å². The second-order valence-electron chi connectivity index (χ2n) is 7.67. The number of hydrogen-bond donors (Lipinski definition) is 2. The number of amides is 1. The van der Waals surface area contributed by atoms with Crippen LogP contribution in [0.5, 0.6) is 11.8 Å². The monoisotopic (exact) mass is 426 g/mol.